The lowest BCUT2D eigenvalue weighted by Gasteiger charge is -2.36. The summed E-state index contributed by atoms with van der Waals surface area (Å²) >= 11 is 0. The summed E-state index contributed by atoms with van der Waals surface area (Å²) in [6.45, 7) is 6.25. The number of nitrogens with zero attached hydrogens (tertiary/aromatic N) is 2. The van der Waals surface area contributed by atoms with Crippen molar-refractivity contribution in [1.82, 2.24) is 4.90 Å². The van der Waals surface area contributed by atoms with Gasteiger partial charge in [0.15, 0.2) is 0 Å². The van der Waals surface area contributed by atoms with Gasteiger partial charge in [0.2, 0.25) is 5.91 Å². The average molecular weight is 292 g/mol. The molecule has 116 valence electrons. The largest absolute Gasteiger partial charge is 0.394 e. The van der Waals surface area contributed by atoms with E-state index in [1.54, 1.807) is 4.90 Å². The van der Waals surface area contributed by atoms with Crippen LogP contribution in [0.3, 0.4) is 0 Å². The molecule has 2 unspecified atom stereocenters. The molecule has 1 saturated heterocycles. The Hall–Kier alpha value is -1.43. The van der Waals surface area contributed by atoms with Crippen LogP contribution >= 0.6 is 0 Å². The highest BCUT2D eigenvalue weighted by atomic mass is 16.5. The highest BCUT2D eigenvalue weighted by Gasteiger charge is 2.27. The minimum Gasteiger partial charge on any atom is -0.394 e. The van der Waals surface area contributed by atoms with E-state index in [9.17, 15) is 9.90 Å². The van der Waals surface area contributed by atoms with Gasteiger partial charge >= 0.3 is 0 Å². The van der Waals surface area contributed by atoms with Gasteiger partial charge in [-0.2, -0.15) is 0 Å². The third kappa shape index (κ3) is 4.27. The van der Waals surface area contributed by atoms with Gasteiger partial charge in [-0.05, 0) is 26.0 Å². The lowest BCUT2D eigenvalue weighted by molar-refractivity contribution is -0.126. The minimum atomic E-state index is -0.201. The topological polar surface area (TPSA) is 53.0 Å². The van der Waals surface area contributed by atoms with Crippen molar-refractivity contribution in [2.75, 3.05) is 37.7 Å². The van der Waals surface area contributed by atoms with Gasteiger partial charge in [-0.3, -0.25) is 9.69 Å². The molecular weight excluding hydrogens is 268 g/mol. The standard InChI is InChI=1S/C16H24N2O3/c1-3-18(14-7-5-4-6-8-14)16(20)11-17-9-13(2)21-15(10-17)12-19/h4-8,13,15,19H,3,9-12H2,1-2H3. The number of rotatable bonds is 5. The molecule has 2 rings (SSSR count). The summed E-state index contributed by atoms with van der Waals surface area (Å²) < 4.78 is 5.60. The summed E-state index contributed by atoms with van der Waals surface area (Å²) in [5.74, 6) is 0.0782. The summed E-state index contributed by atoms with van der Waals surface area (Å²) in [4.78, 5) is 16.4. The third-order valence-electron chi connectivity index (χ3n) is 3.65. The number of anilines is 1. The van der Waals surface area contributed by atoms with Gasteiger partial charge in [0.1, 0.15) is 0 Å². The number of hydrogen-bond donors (Lipinski definition) is 1. The Morgan fingerprint density at radius 3 is 2.71 bits per heavy atom. The number of amides is 1. The van der Waals surface area contributed by atoms with Crippen LogP contribution in [-0.4, -0.2) is 60.9 Å². The van der Waals surface area contributed by atoms with Crippen LogP contribution in [0.25, 0.3) is 0 Å². The van der Waals surface area contributed by atoms with Gasteiger partial charge < -0.3 is 14.7 Å². The maximum atomic E-state index is 12.5. The second-order valence-electron chi connectivity index (χ2n) is 5.42. The molecule has 1 amide bonds. The highest BCUT2D eigenvalue weighted by Crippen LogP contribution is 2.15. The third-order valence-corrected chi connectivity index (χ3v) is 3.65. The smallest absolute Gasteiger partial charge is 0.241 e. The predicted molar refractivity (Wildman–Crippen MR) is 82.3 cm³/mol. The molecule has 0 aromatic heterocycles. The van der Waals surface area contributed by atoms with E-state index in [-0.39, 0.29) is 24.7 Å². The molecule has 1 aliphatic heterocycles. The lowest BCUT2D eigenvalue weighted by Crippen LogP contribution is -2.51. The van der Waals surface area contributed by atoms with Gasteiger partial charge in [0.05, 0.1) is 25.4 Å². The van der Waals surface area contributed by atoms with E-state index < -0.39 is 0 Å². The summed E-state index contributed by atoms with van der Waals surface area (Å²) in [6.07, 6.45) is -0.163. The van der Waals surface area contributed by atoms with Crippen LogP contribution in [0.1, 0.15) is 13.8 Å². The molecular formula is C16H24N2O3. The molecule has 1 aliphatic rings. The van der Waals surface area contributed by atoms with Crippen molar-refractivity contribution < 1.29 is 14.6 Å². The molecule has 1 aromatic rings. The molecule has 0 aliphatic carbocycles. The van der Waals surface area contributed by atoms with Crippen molar-refractivity contribution in [2.24, 2.45) is 0 Å². The first-order valence-corrected chi connectivity index (χ1v) is 7.48. The predicted octanol–water partition coefficient (Wildman–Crippen LogP) is 1.12. The van der Waals surface area contributed by atoms with Crippen molar-refractivity contribution in [2.45, 2.75) is 26.1 Å². The van der Waals surface area contributed by atoms with Crippen molar-refractivity contribution in [3.63, 3.8) is 0 Å². The Morgan fingerprint density at radius 2 is 2.10 bits per heavy atom. The number of morpholine rings is 1. The van der Waals surface area contributed by atoms with Crippen molar-refractivity contribution >= 4 is 11.6 Å². The summed E-state index contributed by atoms with van der Waals surface area (Å²) in [6, 6.07) is 9.70. The zero-order chi connectivity index (χ0) is 15.2. The fourth-order valence-electron chi connectivity index (χ4n) is 2.76. The number of hydrogen-bond acceptors (Lipinski definition) is 4. The van der Waals surface area contributed by atoms with Gasteiger partial charge in [-0.1, -0.05) is 18.2 Å². The Morgan fingerprint density at radius 1 is 1.38 bits per heavy atom. The van der Waals surface area contributed by atoms with E-state index in [0.29, 0.717) is 26.2 Å². The molecule has 0 radical (unpaired) electrons. The van der Waals surface area contributed by atoms with Crippen LogP contribution in [-0.2, 0) is 9.53 Å². The molecule has 0 saturated carbocycles. The maximum absolute atomic E-state index is 12.5. The van der Waals surface area contributed by atoms with Gasteiger partial charge in [0, 0.05) is 25.3 Å². The number of ether oxygens (including phenoxy) is 1. The molecule has 1 heterocycles. The maximum Gasteiger partial charge on any atom is 0.241 e. The Balaban J connectivity index is 1.99. The number of aliphatic hydroxyl groups excluding tert-OH is 1. The van der Waals surface area contributed by atoms with Gasteiger partial charge in [0.25, 0.3) is 0 Å². The monoisotopic (exact) mass is 292 g/mol. The first-order chi connectivity index (χ1) is 10.1. The number of carbonyl (C=O) groups is 1. The Bertz CT molecular complexity index is 452. The SMILES string of the molecule is CCN(C(=O)CN1CC(C)OC(CO)C1)c1ccccc1. The molecule has 2 atom stereocenters. The van der Waals surface area contributed by atoms with E-state index in [4.69, 9.17) is 4.74 Å². The number of benzene rings is 1. The molecule has 1 N–H and O–H groups in total. The minimum absolute atomic E-state index is 0.00872. The van der Waals surface area contributed by atoms with E-state index in [2.05, 4.69) is 4.90 Å². The van der Waals surface area contributed by atoms with Crippen LogP contribution in [0.2, 0.25) is 0 Å². The quantitative estimate of drug-likeness (QED) is 0.883. The normalized spacial score (nSPS) is 23.0. The van der Waals surface area contributed by atoms with E-state index in [1.165, 1.54) is 0 Å². The number of carbonyl (C=O) groups excluding carboxylic acids is 1. The summed E-state index contributed by atoms with van der Waals surface area (Å²) in [5.41, 5.74) is 0.921. The van der Waals surface area contributed by atoms with E-state index in [0.717, 1.165) is 5.69 Å². The van der Waals surface area contributed by atoms with E-state index >= 15 is 0 Å². The van der Waals surface area contributed by atoms with Crippen molar-refractivity contribution in [3.8, 4) is 0 Å². The average Bonchev–Trinajstić information content (AvgIpc) is 2.48. The Labute approximate surface area is 126 Å². The second-order valence-corrected chi connectivity index (χ2v) is 5.42. The van der Waals surface area contributed by atoms with Crippen LogP contribution in [0.4, 0.5) is 5.69 Å². The van der Waals surface area contributed by atoms with Crippen LogP contribution in [0.15, 0.2) is 30.3 Å². The fourth-order valence-corrected chi connectivity index (χ4v) is 2.76. The first kappa shape index (κ1) is 15.9. The summed E-state index contributed by atoms with van der Waals surface area (Å²) in [7, 11) is 0. The molecule has 0 spiro atoms. The highest BCUT2D eigenvalue weighted by molar-refractivity contribution is 5.94. The lowest BCUT2D eigenvalue weighted by atomic mass is 10.2. The first-order valence-electron chi connectivity index (χ1n) is 7.48. The number of aliphatic hydroxyl groups is 1. The Kier molecular flexibility index (Phi) is 5.73. The van der Waals surface area contributed by atoms with E-state index in [1.807, 2.05) is 44.2 Å². The van der Waals surface area contributed by atoms with Crippen LogP contribution in [0.5, 0.6) is 0 Å². The number of para-hydroxylation sites is 1. The molecule has 21 heavy (non-hydrogen) atoms. The second kappa shape index (κ2) is 7.54. The molecule has 5 heteroatoms. The van der Waals surface area contributed by atoms with Crippen LogP contribution in [0, 0.1) is 0 Å². The zero-order valence-corrected chi connectivity index (χ0v) is 12.7. The van der Waals surface area contributed by atoms with Crippen LogP contribution < -0.4 is 4.90 Å². The molecule has 0 bridgehead atoms. The molecule has 1 aromatic carbocycles. The van der Waals surface area contributed by atoms with Crippen molar-refractivity contribution in [3.05, 3.63) is 30.3 Å². The zero-order valence-electron chi connectivity index (χ0n) is 12.7. The van der Waals surface area contributed by atoms with Gasteiger partial charge in [-0.25, -0.2) is 0 Å². The van der Waals surface area contributed by atoms with Gasteiger partial charge in [-0.15, -0.1) is 0 Å². The summed E-state index contributed by atoms with van der Waals surface area (Å²) in [5, 5.41) is 9.25. The van der Waals surface area contributed by atoms with Crippen molar-refractivity contribution in [1.29, 1.82) is 0 Å². The molecule has 1 fully saturated rings. The fraction of sp³-hybridized carbons (Fsp3) is 0.562. The molecule has 5 nitrogen and oxygen atoms in total. The number of likely N-dealkylation sites (N-methyl/N-ethyl adjacent to an activating group) is 1.